The van der Waals surface area contributed by atoms with E-state index in [2.05, 4.69) is 9.97 Å². The minimum Gasteiger partial charge on any atom is -0.451 e. The van der Waals surface area contributed by atoms with E-state index in [1.807, 2.05) is 34.1 Å². The minimum absolute atomic E-state index is 0.0694. The summed E-state index contributed by atoms with van der Waals surface area (Å²) in [6, 6.07) is 9.56. The predicted molar refractivity (Wildman–Crippen MR) is 127 cm³/mol. The number of para-hydroxylation sites is 1. The Bertz CT molecular complexity index is 1120. The Hall–Kier alpha value is -2.87. The maximum Gasteiger partial charge on any atom is 0.289 e. The van der Waals surface area contributed by atoms with Crippen molar-refractivity contribution >= 4 is 34.5 Å². The number of furan rings is 1. The topological polar surface area (TPSA) is 79.5 Å². The maximum absolute atomic E-state index is 13.5. The van der Waals surface area contributed by atoms with Gasteiger partial charge in [-0.3, -0.25) is 9.59 Å². The first-order valence-electron chi connectivity index (χ1n) is 11.7. The molecule has 5 rings (SSSR count). The minimum atomic E-state index is -0.0694. The molecule has 0 radical (unpaired) electrons. The number of thioether (sulfide) groups is 1. The molecular formula is C25H28N4O3S. The smallest absolute Gasteiger partial charge is 0.289 e. The molecule has 172 valence electrons. The van der Waals surface area contributed by atoms with E-state index < -0.39 is 0 Å². The van der Waals surface area contributed by atoms with Gasteiger partial charge in [-0.25, -0.2) is 9.97 Å². The second-order valence-electron chi connectivity index (χ2n) is 8.75. The van der Waals surface area contributed by atoms with Gasteiger partial charge in [0.1, 0.15) is 5.58 Å². The van der Waals surface area contributed by atoms with Crippen molar-refractivity contribution in [3.63, 3.8) is 0 Å². The van der Waals surface area contributed by atoms with Crippen LogP contribution in [-0.2, 0) is 10.5 Å². The Balaban J connectivity index is 1.27. The number of carbonyl (C=O) groups excluding carboxylic acids is 2. The second kappa shape index (κ2) is 9.95. The summed E-state index contributed by atoms with van der Waals surface area (Å²) in [4.78, 5) is 38.4. The van der Waals surface area contributed by atoms with Crippen molar-refractivity contribution in [1.82, 2.24) is 19.8 Å². The van der Waals surface area contributed by atoms with Crippen molar-refractivity contribution < 1.29 is 14.0 Å². The zero-order valence-corrected chi connectivity index (χ0v) is 19.4. The molecule has 0 saturated carbocycles. The first-order valence-corrected chi connectivity index (χ1v) is 12.6. The molecule has 0 bridgehead atoms. The fraction of sp³-hybridized carbons (Fsp3) is 0.440. The van der Waals surface area contributed by atoms with Crippen LogP contribution in [0.4, 0.5) is 0 Å². The maximum atomic E-state index is 13.5. The van der Waals surface area contributed by atoms with Crippen LogP contribution >= 0.6 is 11.8 Å². The summed E-state index contributed by atoms with van der Waals surface area (Å²) in [6.07, 6.45) is 7.98. The molecule has 4 heterocycles. The van der Waals surface area contributed by atoms with E-state index in [4.69, 9.17) is 4.42 Å². The van der Waals surface area contributed by atoms with Gasteiger partial charge in [-0.05, 0) is 43.7 Å². The average molecular weight is 465 g/mol. The predicted octanol–water partition coefficient (Wildman–Crippen LogP) is 4.38. The summed E-state index contributed by atoms with van der Waals surface area (Å²) >= 11 is 1.50. The Morgan fingerprint density at radius 1 is 0.970 bits per heavy atom. The third-order valence-electron chi connectivity index (χ3n) is 6.60. The highest BCUT2D eigenvalue weighted by atomic mass is 32.2. The lowest BCUT2D eigenvalue weighted by Crippen LogP contribution is -2.40. The van der Waals surface area contributed by atoms with Gasteiger partial charge in [0.05, 0.1) is 0 Å². The van der Waals surface area contributed by atoms with E-state index >= 15 is 0 Å². The number of likely N-dealkylation sites (tertiary alicyclic amines) is 2. The number of carbonyl (C=O) groups is 2. The number of piperidine rings is 1. The molecule has 0 spiro atoms. The second-order valence-corrected chi connectivity index (χ2v) is 9.70. The first kappa shape index (κ1) is 21.9. The van der Waals surface area contributed by atoms with Crippen LogP contribution in [0.3, 0.4) is 0 Å². The van der Waals surface area contributed by atoms with Gasteiger partial charge in [0.25, 0.3) is 5.91 Å². The number of hydrogen-bond donors (Lipinski definition) is 0. The van der Waals surface area contributed by atoms with E-state index in [0.29, 0.717) is 42.1 Å². The van der Waals surface area contributed by atoms with E-state index in [1.165, 1.54) is 11.8 Å². The molecule has 0 unspecified atom stereocenters. The van der Waals surface area contributed by atoms with Crippen LogP contribution in [0.25, 0.3) is 11.0 Å². The largest absolute Gasteiger partial charge is 0.451 e. The average Bonchev–Trinajstić information content (AvgIpc) is 3.52. The Labute approximate surface area is 197 Å². The summed E-state index contributed by atoms with van der Waals surface area (Å²) in [6.45, 7) is 3.11. The number of rotatable bonds is 6. The molecule has 0 aliphatic carbocycles. The van der Waals surface area contributed by atoms with Gasteiger partial charge in [-0.1, -0.05) is 30.0 Å². The van der Waals surface area contributed by atoms with Crippen LogP contribution in [0.5, 0.6) is 0 Å². The quantitative estimate of drug-likeness (QED) is 0.398. The van der Waals surface area contributed by atoms with E-state index in [0.717, 1.165) is 55.3 Å². The number of aromatic nitrogens is 2. The summed E-state index contributed by atoms with van der Waals surface area (Å²) < 4.78 is 6.06. The Morgan fingerprint density at radius 3 is 2.45 bits per heavy atom. The normalized spacial score (nSPS) is 17.1. The highest BCUT2D eigenvalue weighted by Crippen LogP contribution is 2.33. The van der Waals surface area contributed by atoms with Gasteiger partial charge in [-0.15, -0.1) is 0 Å². The molecule has 2 aliphatic heterocycles. The molecule has 33 heavy (non-hydrogen) atoms. The first-order chi connectivity index (χ1) is 16.2. The fourth-order valence-electron chi connectivity index (χ4n) is 4.74. The van der Waals surface area contributed by atoms with Crippen molar-refractivity contribution in [1.29, 1.82) is 0 Å². The van der Waals surface area contributed by atoms with Gasteiger partial charge in [0, 0.05) is 61.7 Å². The van der Waals surface area contributed by atoms with Crippen molar-refractivity contribution in [2.45, 2.75) is 43.0 Å². The van der Waals surface area contributed by atoms with Crippen molar-refractivity contribution in [3.05, 3.63) is 54.0 Å². The number of hydrogen-bond acceptors (Lipinski definition) is 6. The van der Waals surface area contributed by atoms with E-state index in [9.17, 15) is 9.59 Å². The molecule has 2 fully saturated rings. The molecule has 3 aromatic rings. The van der Waals surface area contributed by atoms with Crippen LogP contribution in [-0.4, -0.2) is 57.8 Å². The molecule has 1 aromatic carbocycles. The summed E-state index contributed by atoms with van der Waals surface area (Å²) in [5.74, 6) is 1.52. The molecule has 8 heteroatoms. The summed E-state index contributed by atoms with van der Waals surface area (Å²) in [7, 11) is 0. The molecule has 2 saturated heterocycles. The lowest BCUT2D eigenvalue weighted by molar-refractivity contribution is -0.131. The standard InChI is InChI=1S/C25H28N4O3S/c30-22(28-12-3-4-13-28)16-18-8-14-29(15-9-18)24(31)23-20(17-33-25-26-10-5-11-27-25)19-6-1-2-7-21(19)32-23/h1-2,5-7,10-11,18H,3-4,8-9,12-17H2. The zero-order chi connectivity index (χ0) is 22.6. The lowest BCUT2D eigenvalue weighted by atomic mass is 9.92. The van der Waals surface area contributed by atoms with Crippen molar-refractivity contribution in [2.24, 2.45) is 5.92 Å². The number of benzene rings is 1. The third-order valence-corrected chi connectivity index (χ3v) is 7.51. The lowest BCUT2D eigenvalue weighted by Gasteiger charge is -2.32. The van der Waals surface area contributed by atoms with Crippen LogP contribution in [0.2, 0.25) is 0 Å². The number of amides is 2. The highest BCUT2D eigenvalue weighted by Gasteiger charge is 2.30. The monoisotopic (exact) mass is 464 g/mol. The molecule has 0 atom stereocenters. The van der Waals surface area contributed by atoms with Crippen LogP contribution in [0.1, 0.15) is 48.2 Å². The van der Waals surface area contributed by atoms with Crippen molar-refractivity contribution in [2.75, 3.05) is 26.2 Å². The van der Waals surface area contributed by atoms with Gasteiger partial charge in [0.15, 0.2) is 10.9 Å². The molecule has 2 aromatic heterocycles. The molecule has 7 nitrogen and oxygen atoms in total. The SMILES string of the molecule is O=C(CC1CCN(C(=O)c2oc3ccccc3c2CSc2ncccn2)CC1)N1CCCC1. The van der Waals surface area contributed by atoms with Crippen molar-refractivity contribution in [3.8, 4) is 0 Å². The summed E-state index contributed by atoms with van der Waals surface area (Å²) in [5, 5.41) is 1.63. The van der Waals surface area contributed by atoms with E-state index in [1.54, 1.807) is 18.5 Å². The van der Waals surface area contributed by atoms with Gasteiger partial charge in [0.2, 0.25) is 5.91 Å². The van der Waals surface area contributed by atoms with Crippen LogP contribution in [0.15, 0.2) is 52.3 Å². The van der Waals surface area contributed by atoms with E-state index in [-0.39, 0.29) is 11.8 Å². The van der Waals surface area contributed by atoms with Gasteiger partial charge < -0.3 is 14.2 Å². The highest BCUT2D eigenvalue weighted by molar-refractivity contribution is 7.98. The Morgan fingerprint density at radius 2 is 1.70 bits per heavy atom. The Kier molecular flexibility index (Phi) is 6.62. The molecule has 2 aliphatic rings. The number of fused-ring (bicyclic) bond motifs is 1. The molecular weight excluding hydrogens is 436 g/mol. The summed E-state index contributed by atoms with van der Waals surface area (Å²) in [5.41, 5.74) is 1.61. The molecule has 0 N–H and O–H groups in total. The zero-order valence-electron chi connectivity index (χ0n) is 18.6. The molecule has 2 amide bonds. The van der Waals surface area contributed by atoms with Gasteiger partial charge in [-0.2, -0.15) is 0 Å². The van der Waals surface area contributed by atoms with Gasteiger partial charge >= 0.3 is 0 Å². The number of nitrogens with zero attached hydrogens (tertiary/aromatic N) is 4. The van der Waals surface area contributed by atoms with Crippen LogP contribution < -0.4 is 0 Å². The third kappa shape index (κ3) is 4.90. The fourth-order valence-corrected chi connectivity index (χ4v) is 5.57. The van der Waals surface area contributed by atoms with Crippen LogP contribution in [0, 0.1) is 5.92 Å².